The number of carbonyl (C=O) groups excluding carboxylic acids is 1. The number of nitrogens with zero attached hydrogens (tertiary/aromatic N) is 3. The Bertz CT molecular complexity index is 1240. The van der Waals surface area contributed by atoms with Crippen LogP contribution in [0.25, 0.3) is 11.1 Å². The number of benzene rings is 2. The van der Waals surface area contributed by atoms with Gasteiger partial charge in [-0.1, -0.05) is 30.2 Å². The molecule has 0 N–H and O–H groups in total. The molecule has 2 fully saturated rings. The van der Waals surface area contributed by atoms with Gasteiger partial charge in [0, 0.05) is 32.1 Å². The third kappa shape index (κ3) is 4.39. The molecule has 0 spiro atoms. The summed E-state index contributed by atoms with van der Waals surface area (Å²) in [6.07, 6.45) is 4.20. The first-order valence-corrected chi connectivity index (χ1v) is 13.2. The molecule has 33 heavy (non-hydrogen) atoms. The van der Waals surface area contributed by atoms with E-state index in [4.69, 9.17) is 16.0 Å². The molecule has 174 valence electrons. The highest BCUT2D eigenvalue weighted by Gasteiger charge is 2.31. The number of carbonyl (C=O) groups is 1. The average molecular weight is 488 g/mol. The van der Waals surface area contributed by atoms with Gasteiger partial charge in [-0.25, -0.2) is 13.4 Å². The Balaban J connectivity index is 1.31. The SMILES string of the molecule is O=C(c1cc(S(=O)(=O)N2CCCCC2)ccc1Cl)N1CCC(c2nc3ccccc3o2)CC1. The molecule has 0 radical (unpaired) electrons. The second-order valence-electron chi connectivity index (χ2n) is 8.69. The minimum absolute atomic E-state index is 0.124. The summed E-state index contributed by atoms with van der Waals surface area (Å²) in [6, 6.07) is 12.1. The Kier molecular flexibility index (Phi) is 6.16. The Hall–Kier alpha value is -2.42. The number of hydrogen-bond donors (Lipinski definition) is 0. The molecule has 3 heterocycles. The van der Waals surface area contributed by atoms with Gasteiger partial charge in [-0.3, -0.25) is 4.79 Å². The van der Waals surface area contributed by atoms with Crippen LogP contribution in [0.2, 0.25) is 5.02 Å². The molecule has 2 saturated heterocycles. The number of piperidine rings is 2. The third-order valence-electron chi connectivity index (χ3n) is 6.56. The largest absolute Gasteiger partial charge is 0.440 e. The minimum atomic E-state index is -3.64. The third-order valence-corrected chi connectivity index (χ3v) is 8.79. The molecule has 5 rings (SSSR count). The Morgan fingerprint density at radius 3 is 2.45 bits per heavy atom. The van der Waals surface area contributed by atoms with Crippen molar-refractivity contribution in [2.45, 2.75) is 42.9 Å². The van der Waals surface area contributed by atoms with Crippen LogP contribution in [0, 0.1) is 0 Å². The van der Waals surface area contributed by atoms with Crippen molar-refractivity contribution in [2.24, 2.45) is 0 Å². The smallest absolute Gasteiger partial charge is 0.255 e. The van der Waals surface area contributed by atoms with Crippen molar-refractivity contribution < 1.29 is 17.6 Å². The number of fused-ring (bicyclic) bond motifs is 1. The van der Waals surface area contributed by atoms with Crippen LogP contribution >= 0.6 is 11.6 Å². The van der Waals surface area contributed by atoms with Crippen LogP contribution in [0.3, 0.4) is 0 Å². The highest BCUT2D eigenvalue weighted by molar-refractivity contribution is 7.89. The molecule has 0 bridgehead atoms. The summed E-state index contributed by atoms with van der Waals surface area (Å²) < 4.78 is 33.5. The quantitative estimate of drug-likeness (QED) is 0.533. The molecule has 7 nitrogen and oxygen atoms in total. The van der Waals surface area contributed by atoms with Crippen molar-refractivity contribution in [1.82, 2.24) is 14.2 Å². The van der Waals surface area contributed by atoms with E-state index in [-0.39, 0.29) is 27.3 Å². The predicted octanol–water partition coefficient (Wildman–Crippen LogP) is 4.68. The molecule has 9 heteroatoms. The number of halogens is 1. The first-order chi connectivity index (χ1) is 15.9. The van der Waals surface area contributed by atoms with Crippen molar-refractivity contribution in [2.75, 3.05) is 26.2 Å². The van der Waals surface area contributed by atoms with Crippen molar-refractivity contribution in [3.63, 3.8) is 0 Å². The lowest BCUT2D eigenvalue weighted by molar-refractivity contribution is 0.0706. The lowest BCUT2D eigenvalue weighted by Gasteiger charge is -2.31. The van der Waals surface area contributed by atoms with E-state index in [1.807, 2.05) is 24.3 Å². The summed E-state index contributed by atoms with van der Waals surface area (Å²) >= 11 is 6.33. The van der Waals surface area contributed by atoms with E-state index in [9.17, 15) is 13.2 Å². The van der Waals surface area contributed by atoms with E-state index in [1.54, 1.807) is 4.90 Å². The number of likely N-dealkylation sites (tertiary alicyclic amines) is 1. The second-order valence-corrected chi connectivity index (χ2v) is 11.0. The molecular weight excluding hydrogens is 462 g/mol. The van der Waals surface area contributed by atoms with Crippen molar-refractivity contribution >= 4 is 38.6 Å². The average Bonchev–Trinajstić information content (AvgIpc) is 3.29. The first kappa shape index (κ1) is 22.4. The van der Waals surface area contributed by atoms with E-state index in [2.05, 4.69) is 4.98 Å². The highest BCUT2D eigenvalue weighted by atomic mass is 35.5. The van der Waals surface area contributed by atoms with Gasteiger partial charge in [-0.05, 0) is 56.0 Å². The topological polar surface area (TPSA) is 83.7 Å². The van der Waals surface area contributed by atoms with Gasteiger partial charge in [0.2, 0.25) is 10.0 Å². The maximum Gasteiger partial charge on any atom is 0.255 e. The molecule has 2 aromatic carbocycles. The zero-order chi connectivity index (χ0) is 23.0. The number of sulfonamides is 1. The van der Waals surface area contributed by atoms with Crippen molar-refractivity contribution in [3.05, 3.63) is 58.9 Å². The Morgan fingerprint density at radius 1 is 1.00 bits per heavy atom. The Morgan fingerprint density at radius 2 is 1.73 bits per heavy atom. The summed E-state index contributed by atoms with van der Waals surface area (Å²) in [6.45, 7) is 2.08. The number of rotatable bonds is 4. The standard InChI is InChI=1S/C24H26ClN3O4S/c25-20-9-8-18(33(30,31)28-12-4-1-5-13-28)16-19(20)24(29)27-14-10-17(11-15-27)23-26-21-6-2-3-7-22(21)32-23/h2-3,6-9,16-17H,1,4-5,10-15H2. The molecule has 0 unspecified atom stereocenters. The van der Waals surface area contributed by atoms with E-state index < -0.39 is 10.0 Å². The van der Waals surface area contributed by atoms with Crippen molar-refractivity contribution in [3.8, 4) is 0 Å². The van der Waals surface area contributed by atoms with E-state index in [0.717, 1.165) is 43.2 Å². The molecule has 1 amide bonds. The van der Waals surface area contributed by atoms with Gasteiger partial charge in [-0.2, -0.15) is 4.31 Å². The normalized spacial score (nSPS) is 18.6. The first-order valence-electron chi connectivity index (χ1n) is 11.4. The summed E-state index contributed by atoms with van der Waals surface area (Å²) in [5.41, 5.74) is 1.84. The van der Waals surface area contributed by atoms with Crippen LogP contribution in [0.5, 0.6) is 0 Å². The zero-order valence-electron chi connectivity index (χ0n) is 18.2. The fourth-order valence-corrected chi connectivity index (χ4v) is 6.39. The van der Waals surface area contributed by atoms with Crippen molar-refractivity contribution in [1.29, 1.82) is 0 Å². The summed E-state index contributed by atoms with van der Waals surface area (Å²) in [5, 5.41) is 0.263. The fourth-order valence-electron chi connectivity index (χ4n) is 4.65. The lowest BCUT2D eigenvalue weighted by Crippen LogP contribution is -2.38. The molecule has 1 aromatic heterocycles. The van der Waals surface area contributed by atoms with E-state index >= 15 is 0 Å². The summed E-state index contributed by atoms with van der Waals surface area (Å²) in [5.74, 6) is 0.602. The van der Waals surface area contributed by atoms with Gasteiger partial charge in [0.1, 0.15) is 5.52 Å². The van der Waals surface area contributed by atoms with Gasteiger partial charge in [0.15, 0.2) is 11.5 Å². The molecule has 0 atom stereocenters. The second kappa shape index (κ2) is 9.08. The molecule has 3 aromatic rings. The molecule has 2 aliphatic rings. The van der Waals surface area contributed by atoms with Crippen LogP contribution in [0.1, 0.15) is 54.3 Å². The van der Waals surface area contributed by atoms with Crippen LogP contribution in [0.15, 0.2) is 51.8 Å². The predicted molar refractivity (Wildman–Crippen MR) is 126 cm³/mol. The number of aromatic nitrogens is 1. The Labute approximate surface area is 198 Å². The summed E-state index contributed by atoms with van der Waals surface area (Å²) in [4.78, 5) is 19.7. The van der Waals surface area contributed by atoms with Crippen LogP contribution in [0.4, 0.5) is 0 Å². The zero-order valence-corrected chi connectivity index (χ0v) is 19.8. The van der Waals surface area contributed by atoms with Gasteiger partial charge < -0.3 is 9.32 Å². The van der Waals surface area contributed by atoms with Gasteiger partial charge >= 0.3 is 0 Å². The lowest BCUT2D eigenvalue weighted by atomic mass is 9.96. The fraction of sp³-hybridized carbons (Fsp3) is 0.417. The number of amides is 1. The van der Waals surface area contributed by atoms with E-state index in [1.165, 1.54) is 22.5 Å². The van der Waals surface area contributed by atoms with Crippen LogP contribution < -0.4 is 0 Å². The minimum Gasteiger partial charge on any atom is -0.440 e. The van der Waals surface area contributed by atoms with E-state index in [0.29, 0.717) is 32.1 Å². The summed E-state index contributed by atoms with van der Waals surface area (Å²) in [7, 11) is -3.64. The molecule has 2 aliphatic heterocycles. The molecule has 0 saturated carbocycles. The van der Waals surface area contributed by atoms with Gasteiger partial charge in [-0.15, -0.1) is 0 Å². The van der Waals surface area contributed by atoms with Crippen LogP contribution in [-0.2, 0) is 10.0 Å². The monoisotopic (exact) mass is 487 g/mol. The molecular formula is C24H26ClN3O4S. The molecule has 0 aliphatic carbocycles. The number of para-hydroxylation sites is 2. The number of oxazole rings is 1. The number of hydrogen-bond acceptors (Lipinski definition) is 5. The highest BCUT2D eigenvalue weighted by Crippen LogP contribution is 2.32. The van der Waals surface area contributed by atoms with Gasteiger partial charge in [0.05, 0.1) is 15.5 Å². The van der Waals surface area contributed by atoms with Gasteiger partial charge in [0.25, 0.3) is 5.91 Å². The maximum absolute atomic E-state index is 13.3. The van der Waals surface area contributed by atoms with Crippen LogP contribution in [-0.4, -0.2) is 54.7 Å². The maximum atomic E-state index is 13.3.